The van der Waals surface area contributed by atoms with Gasteiger partial charge >= 0.3 is 5.97 Å². The summed E-state index contributed by atoms with van der Waals surface area (Å²) in [6.45, 7) is 2.14. The number of ketones is 1. The van der Waals surface area contributed by atoms with Crippen molar-refractivity contribution in [1.82, 2.24) is 0 Å². The van der Waals surface area contributed by atoms with Gasteiger partial charge in [0.25, 0.3) is 0 Å². The Bertz CT molecular complexity index is 425. The number of esters is 1. The number of carbonyl (C=O) groups is 2. The largest absolute Gasteiger partial charge is 0.469 e. The summed E-state index contributed by atoms with van der Waals surface area (Å²) in [6.07, 6.45) is 13.7. The van der Waals surface area contributed by atoms with Crippen molar-refractivity contribution < 1.29 is 19.4 Å². The lowest BCUT2D eigenvalue weighted by Crippen LogP contribution is -2.15. The highest BCUT2D eigenvalue weighted by molar-refractivity contribution is 5.94. The summed E-state index contributed by atoms with van der Waals surface area (Å²) in [6, 6.07) is 0. The van der Waals surface area contributed by atoms with Crippen LogP contribution in [0.4, 0.5) is 0 Å². The van der Waals surface area contributed by atoms with E-state index in [-0.39, 0.29) is 23.6 Å². The van der Waals surface area contributed by atoms with Crippen molar-refractivity contribution in [2.24, 2.45) is 11.8 Å². The van der Waals surface area contributed by atoms with Gasteiger partial charge in [0.1, 0.15) is 0 Å². The Labute approximate surface area is 139 Å². The zero-order valence-corrected chi connectivity index (χ0v) is 14.4. The third-order valence-electron chi connectivity index (χ3n) is 4.35. The molecule has 0 saturated carbocycles. The van der Waals surface area contributed by atoms with Crippen LogP contribution in [0.1, 0.15) is 58.3 Å². The summed E-state index contributed by atoms with van der Waals surface area (Å²) < 4.78 is 4.61. The third-order valence-corrected chi connectivity index (χ3v) is 4.35. The number of methoxy groups -OCH3 is 1. The SMILES string of the molecule is CCCCCC(O)C=C[C@H]1C=CC(=O)[C@H]1CCCCC(=O)OC. The molecule has 0 fully saturated rings. The Morgan fingerprint density at radius 2 is 2.13 bits per heavy atom. The van der Waals surface area contributed by atoms with Crippen molar-refractivity contribution >= 4 is 11.8 Å². The molecule has 3 atom stereocenters. The molecule has 4 heteroatoms. The molecule has 130 valence electrons. The second kappa shape index (κ2) is 11.2. The number of allylic oxidation sites excluding steroid dienone is 3. The van der Waals surface area contributed by atoms with Crippen molar-refractivity contribution in [3.63, 3.8) is 0 Å². The summed E-state index contributed by atoms with van der Waals surface area (Å²) in [5.74, 6) is -0.0288. The average Bonchev–Trinajstić information content (AvgIpc) is 2.89. The minimum Gasteiger partial charge on any atom is -0.469 e. The molecule has 4 nitrogen and oxygen atoms in total. The summed E-state index contributed by atoms with van der Waals surface area (Å²) in [4.78, 5) is 23.0. The number of carbonyl (C=O) groups excluding carboxylic acids is 2. The van der Waals surface area contributed by atoms with E-state index in [4.69, 9.17) is 0 Å². The summed E-state index contributed by atoms with van der Waals surface area (Å²) >= 11 is 0. The number of aliphatic hydroxyl groups is 1. The molecule has 1 unspecified atom stereocenters. The average molecular weight is 322 g/mol. The number of aliphatic hydroxyl groups excluding tert-OH is 1. The molecule has 0 aromatic carbocycles. The van der Waals surface area contributed by atoms with Crippen LogP contribution in [0, 0.1) is 11.8 Å². The van der Waals surface area contributed by atoms with Crippen molar-refractivity contribution in [3.8, 4) is 0 Å². The maximum absolute atomic E-state index is 11.9. The molecular formula is C19H30O4. The maximum Gasteiger partial charge on any atom is 0.305 e. The van der Waals surface area contributed by atoms with E-state index in [0.717, 1.165) is 44.9 Å². The van der Waals surface area contributed by atoms with E-state index in [2.05, 4.69) is 11.7 Å². The normalized spacial score (nSPS) is 22.0. The van der Waals surface area contributed by atoms with Gasteiger partial charge in [0.05, 0.1) is 13.2 Å². The maximum atomic E-state index is 11.9. The highest BCUT2D eigenvalue weighted by atomic mass is 16.5. The van der Waals surface area contributed by atoms with Gasteiger partial charge in [-0.3, -0.25) is 9.59 Å². The molecule has 0 bridgehead atoms. The first-order valence-electron chi connectivity index (χ1n) is 8.73. The van der Waals surface area contributed by atoms with Crippen LogP contribution in [-0.4, -0.2) is 30.1 Å². The van der Waals surface area contributed by atoms with Gasteiger partial charge in [-0.1, -0.05) is 50.8 Å². The summed E-state index contributed by atoms with van der Waals surface area (Å²) in [5.41, 5.74) is 0. The molecule has 1 aliphatic rings. The van der Waals surface area contributed by atoms with E-state index in [0.29, 0.717) is 6.42 Å². The minimum absolute atomic E-state index is 0.0493. The van der Waals surface area contributed by atoms with Crippen molar-refractivity contribution in [3.05, 3.63) is 24.3 Å². The van der Waals surface area contributed by atoms with Crippen LogP contribution in [0.5, 0.6) is 0 Å². The van der Waals surface area contributed by atoms with E-state index in [1.807, 2.05) is 18.2 Å². The summed E-state index contributed by atoms with van der Waals surface area (Å²) in [5, 5.41) is 9.94. The fourth-order valence-corrected chi connectivity index (χ4v) is 2.88. The zero-order valence-electron chi connectivity index (χ0n) is 14.4. The highest BCUT2D eigenvalue weighted by Gasteiger charge is 2.27. The van der Waals surface area contributed by atoms with Crippen LogP contribution in [0.25, 0.3) is 0 Å². The second-order valence-electron chi connectivity index (χ2n) is 6.22. The van der Waals surface area contributed by atoms with Gasteiger partial charge in [0, 0.05) is 18.3 Å². The van der Waals surface area contributed by atoms with E-state index >= 15 is 0 Å². The van der Waals surface area contributed by atoms with Gasteiger partial charge in [0.15, 0.2) is 5.78 Å². The molecule has 0 aromatic rings. The van der Waals surface area contributed by atoms with Gasteiger partial charge in [-0.05, 0) is 25.3 Å². The van der Waals surface area contributed by atoms with Crippen LogP contribution in [0.2, 0.25) is 0 Å². The predicted molar refractivity (Wildman–Crippen MR) is 90.9 cm³/mol. The first kappa shape index (κ1) is 19.6. The number of unbranched alkanes of at least 4 members (excludes halogenated alkanes) is 3. The fourth-order valence-electron chi connectivity index (χ4n) is 2.88. The van der Waals surface area contributed by atoms with E-state index in [1.165, 1.54) is 7.11 Å². The third kappa shape index (κ3) is 7.60. The standard InChI is InChI=1S/C19H30O4/c1-3-4-5-8-16(20)13-11-15-12-14-18(21)17(15)9-6-7-10-19(22)23-2/h11-17,20H,3-10H2,1-2H3/t15-,16?,17-/m0/s1. The lowest BCUT2D eigenvalue weighted by molar-refractivity contribution is -0.140. The molecule has 0 amide bonds. The smallest absolute Gasteiger partial charge is 0.305 e. The minimum atomic E-state index is -0.425. The van der Waals surface area contributed by atoms with Gasteiger partial charge in [-0.2, -0.15) is 0 Å². The molecule has 0 spiro atoms. The Kier molecular flexibility index (Phi) is 9.53. The molecule has 0 aromatic heterocycles. The molecule has 1 aliphatic carbocycles. The van der Waals surface area contributed by atoms with Crippen LogP contribution in [0.3, 0.4) is 0 Å². The first-order chi connectivity index (χ1) is 11.1. The monoisotopic (exact) mass is 322 g/mol. The van der Waals surface area contributed by atoms with Gasteiger partial charge in [-0.15, -0.1) is 0 Å². The second-order valence-corrected chi connectivity index (χ2v) is 6.22. The zero-order chi connectivity index (χ0) is 17.1. The van der Waals surface area contributed by atoms with Crippen LogP contribution in [-0.2, 0) is 14.3 Å². The number of hydrogen-bond acceptors (Lipinski definition) is 4. The van der Waals surface area contributed by atoms with Crippen molar-refractivity contribution in [1.29, 1.82) is 0 Å². The van der Waals surface area contributed by atoms with Crippen molar-refractivity contribution in [2.45, 2.75) is 64.4 Å². The molecule has 0 heterocycles. The van der Waals surface area contributed by atoms with Crippen molar-refractivity contribution in [2.75, 3.05) is 7.11 Å². The van der Waals surface area contributed by atoms with E-state index < -0.39 is 6.10 Å². The topological polar surface area (TPSA) is 63.6 Å². The fraction of sp³-hybridized carbons (Fsp3) is 0.684. The molecule has 23 heavy (non-hydrogen) atoms. The van der Waals surface area contributed by atoms with Gasteiger partial charge in [0.2, 0.25) is 0 Å². The van der Waals surface area contributed by atoms with Gasteiger partial charge in [-0.25, -0.2) is 0 Å². The van der Waals surface area contributed by atoms with Gasteiger partial charge < -0.3 is 9.84 Å². The predicted octanol–water partition coefficient (Wildman–Crippen LogP) is 3.59. The van der Waals surface area contributed by atoms with Crippen LogP contribution in [0.15, 0.2) is 24.3 Å². The van der Waals surface area contributed by atoms with E-state index in [1.54, 1.807) is 6.08 Å². The summed E-state index contributed by atoms with van der Waals surface area (Å²) in [7, 11) is 1.39. The molecule has 1 rings (SSSR count). The quantitative estimate of drug-likeness (QED) is 0.359. The lowest BCUT2D eigenvalue weighted by atomic mass is 9.88. The van der Waals surface area contributed by atoms with Crippen LogP contribution < -0.4 is 0 Å². The molecule has 0 saturated heterocycles. The first-order valence-corrected chi connectivity index (χ1v) is 8.73. The number of rotatable bonds is 11. The van der Waals surface area contributed by atoms with E-state index in [9.17, 15) is 14.7 Å². The lowest BCUT2D eigenvalue weighted by Gasteiger charge is -2.15. The van der Waals surface area contributed by atoms with Crippen LogP contribution >= 0.6 is 0 Å². The molecular weight excluding hydrogens is 292 g/mol. The number of ether oxygens (including phenoxy) is 1. The Morgan fingerprint density at radius 3 is 2.83 bits per heavy atom. The number of hydrogen-bond donors (Lipinski definition) is 1. The molecule has 0 aliphatic heterocycles. The molecule has 1 N–H and O–H groups in total. The highest BCUT2D eigenvalue weighted by Crippen LogP contribution is 2.29. The Morgan fingerprint density at radius 1 is 1.35 bits per heavy atom. The Hall–Kier alpha value is -1.42. The molecule has 0 radical (unpaired) electrons. The Balaban J connectivity index is 2.36.